The zero-order valence-electron chi connectivity index (χ0n) is 7.85. The van der Waals surface area contributed by atoms with Gasteiger partial charge in [-0.3, -0.25) is 14.9 Å². The second kappa shape index (κ2) is 3.75. The van der Waals surface area contributed by atoms with E-state index in [1.165, 1.54) is 13.0 Å². The van der Waals surface area contributed by atoms with E-state index < -0.39 is 10.8 Å². The van der Waals surface area contributed by atoms with Crippen LogP contribution < -0.4 is 5.73 Å². The van der Waals surface area contributed by atoms with E-state index in [9.17, 15) is 14.9 Å². The minimum Gasteiger partial charge on any atom is -0.366 e. The second-order valence-electron chi connectivity index (χ2n) is 2.87. The van der Waals surface area contributed by atoms with Crippen LogP contribution in [0.5, 0.6) is 0 Å². The van der Waals surface area contributed by atoms with Crippen molar-refractivity contribution < 1.29 is 9.72 Å². The standard InChI is InChI=1S/C9H7N3O3/c1-5-7(4-10)6(9(11)13)2-3-8(5)12(14)15/h2-3H,1H3,(H2,11,13). The van der Waals surface area contributed by atoms with Crippen LogP contribution in [0.1, 0.15) is 21.5 Å². The van der Waals surface area contributed by atoms with Crippen LogP contribution in [-0.4, -0.2) is 10.8 Å². The van der Waals surface area contributed by atoms with E-state index in [4.69, 9.17) is 11.0 Å². The lowest BCUT2D eigenvalue weighted by Gasteiger charge is -2.03. The number of hydrogen-bond acceptors (Lipinski definition) is 4. The van der Waals surface area contributed by atoms with Gasteiger partial charge >= 0.3 is 0 Å². The molecule has 0 fully saturated rings. The van der Waals surface area contributed by atoms with Crippen molar-refractivity contribution in [1.29, 1.82) is 5.26 Å². The molecule has 2 N–H and O–H groups in total. The number of amides is 1. The summed E-state index contributed by atoms with van der Waals surface area (Å²) in [7, 11) is 0. The summed E-state index contributed by atoms with van der Waals surface area (Å²) in [6.45, 7) is 1.41. The first kappa shape index (κ1) is 10.7. The van der Waals surface area contributed by atoms with Crippen molar-refractivity contribution >= 4 is 11.6 Å². The molecule has 1 aromatic carbocycles. The van der Waals surface area contributed by atoms with Gasteiger partial charge in [-0.2, -0.15) is 5.26 Å². The van der Waals surface area contributed by atoms with Crippen LogP contribution >= 0.6 is 0 Å². The van der Waals surface area contributed by atoms with Crippen LogP contribution in [0.3, 0.4) is 0 Å². The average Bonchev–Trinajstić information content (AvgIpc) is 2.16. The number of nitro groups is 1. The minimum absolute atomic E-state index is 0.000556. The molecule has 0 aromatic heterocycles. The Kier molecular flexibility index (Phi) is 2.67. The van der Waals surface area contributed by atoms with Crippen molar-refractivity contribution in [2.24, 2.45) is 5.73 Å². The number of hydrogen-bond donors (Lipinski definition) is 1. The van der Waals surface area contributed by atoms with E-state index in [1.807, 2.05) is 0 Å². The van der Waals surface area contributed by atoms with Gasteiger partial charge in [-0.1, -0.05) is 0 Å². The van der Waals surface area contributed by atoms with Crippen LogP contribution in [-0.2, 0) is 0 Å². The third-order valence-electron chi connectivity index (χ3n) is 2.01. The van der Waals surface area contributed by atoms with Crippen molar-refractivity contribution in [3.63, 3.8) is 0 Å². The fourth-order valence-electron chi connectivity index (χ4n) is 1.25. The van der Waals surface area contributed by atoms with E-state index in [1.54, 1.807) is 6.07 Å². The predicted octanol–water partition coefficient (Wildman–Crippen LogP) is 0.874. The molecule has 0 radical (unpaired) electrons. The number of nitrogens with zero attached hydrogens (tertiary/aromatic N) is 2. The molecular formula is C9H7N3O3. The Morgan fingerprint density at radius 1 is 1.60 bits per heavy atom. The van der Waals surface area contributed by atoms with Crippen molar-refractivity contribution in [2.75, 3.05) is 0 Å². The highest BCUT2D eigenvalue weighted by atomic mass is 16.6. The highest BCUT2D eigenvalue weighted by Crippen LogP contribution is 2.23. The lowest BCUT2D eigenvalue weighted by Crippen LogP contribution is -2.14. The summed E-state index contributed by atoms with van der Waals surface area (Å²) in [5, 5.41) is 19.3. The maximum Gasteiger partial charge on any atom is 0.273 e. The predicted molar refractivity (Wildman–Crippen MR) is 51.1 cm³/mol. The van der Waals surface area contributed by atoms with Gasteiger partial charge in [-0.15, -0.1) is 0 Å². The number of nitrogens with two attached hydrogens (primary N) is 1. The molecule has 6 heteroatoms. The molecule has 1 amide bonds. The molecule has 1 rings (SSSR count). The maximum absolute atomic E-state index is 10.9. The summed E-state index contributed by atoms with van der Waals surface area (Å²) < 4.78 is 0. The molecule has 0 aliphatic rings. The SMILES string of the molecule is Cc1c([N+](=O)[O-])ccc(C(N)=O)c1C#N. The van der Waals surface area contributed by atoms with Crippen LogP contribution in [0.15, 0.2) is 12.1 Å². The van der Waals surface area contributed by atoms with Crippen LogP contribution in [0, 0.1) is 28.4 Å². The number of nitro benzene ring substituents is 1. The lowest BCUT2D eigenvalue weighted by molar-refractivity contribution is -0.385. The molecule has 15 heavy (non-hydrogen) atoms. The molecule has 0 aliphatic carbocycles. The average molecular weight is 205 g/mol. The maximum atomic E-state index is 10.9. The minimum atomic E-state index is -0.774. The van der Waals surface area contributed by atoms with E-state index in [0.717, 1.165) is 6.07 Å². The van der Waals surface area contributed by atoms with E-state index in [0.29, 0.717) is 0 Å². The van der Waals surface area contributed by atoms with Crippen LogP contribution in [0.2, 0.25) is 0 Å². The second-order valence-corrected chi connectivity index (χ2v) is 2.87. The normalized spacial score (nSPS) is 9.33. The fraction of sp³-hybridized carbons (Fsp3) is 0.111. The smallest absolute Gasteiger partial charge is 0.273 e. The van der Waals surface area contributed by atoms with Gasteiger partial charge < -0.3 is 5.73 Å². The summed E-state index contributed by atoms with van der Waals surface area (Å²) in [5.74, 6) is -0.774. The van der Waals surface area contributed by atoms with E-state index in [2.05, 4.69) is 0 Å². The van der Waals surface area contributed by atoms with Gasteiger partial charge in [0.05, 0.1) is 16.1 Å². The molecule has 6 nitrogen and oxygen atoms in total. The summed E-state index contributed by atoms with van der Waals surface area (Å²) in [6.07, 6.45) is 0. The number of primary amides is 1. The molecule has 0 saturated heterocycles. The zero-order chi connectivity index (χ0) is 11.6. The van der Waals surface area contributed by atoms with Crippen molar-refractivity contribution in [1.82, 2.24) is 0 Å². The van der Waals surface area contributed by atoms with Gasteiger partial charge in [0.15, 0.2) is 0 Å². The Balaban J connectivity index is 3.55. The molecular weight excluding hydrogens is 198 g/mol. The largest absolute Gasteiger partial charge is 0.366 e. The Morgan fingerprint density at radius 3 is 2.60 bits per heavy atom. The van der Waals surface area contributed by atoms with Gasteiger partial charge in [0.2, 0.25) is 5.91 Å². The molecule has 0 heterocycles. The highest BCUT2D eigenvalue weighted by molar-refractivity contribution is 5.96. The highest BCUT2D eigenvalue weighted by Gasteiger charge is 2.19. The van der Waals surface area contributed by atoms with Crippen molar-refractivity contribution in [3.05, 3.63) is 38.9 Å². The third-order valence-corrected chi connectivity index (χ3v) is 2.01. The van der Waals surface area contributed by atoms with Crippen LogP contribution in [0.4, 0.5) is 5.69 Å². The summed E-state index contributed by atoms with van der Waals surface area (Å²) in [5.41, 5.74) is 4.94. The molecule has 1 aromatic rings. The Bertz CT molecular complexity index is 488. The molecule has 76 valence electrons. The van der Waals surface area contributed by atoms with E-state index in [-0.39, 0.29) is 22.4 Å². The Morgan fingerprint density at radius 2 is 2.20 bits per heavy atom. The van der Waals surface area contributed by atoms with Crippen molar-refractivity contribution in [2.45, 2.75) is 6.92 Å². The zero-order valence-corrected chi connectivity index (χ0v) is 7.85. The quantitative estimate of drug-likeness (QED) is 0.570. The summed E-state index contributed by atoms with van der Waals surface area (Å²) in [6, 6.07) is 4.08. The molecule has 0 saturated carbocycles. The Hall–Kier alpha value is -2.42. The summed E-state index contributed by atoms with van der Waals surface area (Å²) in [4.78, 5) is 20.9. The third kappa shape index (κ3) is 1.76. The molecule has 0 atom stereocenters. The topological polar surface area (TPSA) is 110 Å². The number of rotatable bonds is 2. The van der Waals surface area contributed by atoms with Gasteiger partial charge in [-0.25, -0.2) is 0 Å². The fourth-order valence-corrected chi connectivity index (χ4v) is 1.25. The van der Waals surface area contributed by atoms with Crippen molar-refractivity contribution in [3.8, 4) is 6.07 Å². The molecule has 0 spiro atoms. The number of nitriles is 1. The first-order valence-electron chi connectivity index (χ1n) is 3.97. The first-order valence-corrected chi connectivity index (χ1v) is 3.97. The van der Waals surface area contributed by atoms with Gasteiger partial charge in [0.25, 0.3) is 5.69 Å². The number of carbonyl (C=O) groups is 1. The van der Waals surface area contributed by atoms with Gasteiger partial charge in [0, 0.05) is 11.6 Å². The first-order chi connectivity index (χ1) is 6.99. The lowest BCUT2D eigenvalue weighted by atomic mass is 10.0. The number of benzene rings is 1. The van der Waals surface area contributed by atoms with Gasteiger partial charge in [0.1, 0.15) is 6.07 Å². The molecule has 0 aliphatic heterocycles. The Labute approximate surface area is 85.1 Å². The monoisotopic (exact) mass is 205 g/mol. The van der Waals surface area contributed by atoms with E-state index >= 15 is 0 Å². The number of carbonyl (C=O) groups excluding carboxylic acids is 1. The molecule has 0 unspecified atom stereocenters. The van der Waals surface area contributed by atoms with Gasteiger partial charge in [-0.05, 0) is 13.0 Å². The molecule has 0 bridgehead atoms. The van der Waals surface area contributed by atoms with Crippen LogP contribution in [0.25, 0.3) is 0 Å². The summed E-state index contributed by atoms with van der Waals surface area (Å²) >= 11 is 0.